The quantitative estimate of drug-likeness (QED) is 0.922. The second-order valence-corrected chi connectivity index (χ2v) is 5.52. The Bertz CT molecular complexity index is 684. The van der Waals surface area contributed by atoms with Crippen molar-refractivity contribution in [3.05, 3.63) is 42.0 Å². The van der Waals surface area contributed by atoms with Gasteiger partial charge in [-0.3, -0.25) is 4.79 Å². The number of nitrogens with zero attached hydrogens (tertiary/aromatic N) is 2. The normalized spacial score (nSPS) is 20.2. The number of hydrogen-bond acceptors (Lipinski definition) is 4. The Hall–Kier alpha value is -2.50. The van der Waals surface area contributed by atoms with Crippen LogP contribution >= 0.6 is 0 Å². The molecule has 1 amide bonds. The van der Waals surface area contributed by atoms with Crippen LogP contribution in [0.1, 0.15) is 34.9 Å². The maximum absolute atomic E-state index is 12.6. The molecule has 22 heavy (non-hydrogen) atoms. The maximum atomic E-state index is 12.6. The molecule has 2 aromatic rings. The van der Waals surface area contributed by atoms with Gasteiger partial charge in [0.25, 0.3) is 5.91 Å². The number of fused-ring (bicyclic) bond motifs is 1. The van der Waals surface area contributed by atoms with Gasteiger partial charge < -0.3 is 19.4 Å². The van der Waals surface area contributed by atoms with Gasteiger partial charge in [-0.25, -0.2) is 4.98 Å². The van der Waals surface area contributed by atoms with Crippen molar-refractivity contribution in [2.24, 2.45) is 0 Å². The molecule has 2 aliphatic heterocycles. The van der Waals surface area contributed by atoms with Crippen molar-refractivity contribution in [1.29, 1.82) is 0 Å². The summed E-state index contributed by atoms with van der Waals surface area (Å²) in [6.45, 7) is 1.91. The van der Waals surface area contributed by atoms with Gasteiger partial charge in [-0.2, -0.15) is 0 Å². The highest BCUT2D eigenvalue weighted by molar-refractivity contribution is 5.92. The van der Waals surface area contributed by atoms with Gasteiger partial charge in [0.05, 0.1) is 18.6 Å². The van der Waals surface area contributed by atoms with Crippen LogP contribution < -0.4 is 9.47 Å². The fourth-order valence-corrected chi connectivity index (χ4v) is 3.15. The topological polar surface area (TPSA) is 67.5 Å². The molecule has 0 radical (unpaired) electrons. The number of rotatable bonds is 2. The van der Waals surface area contributed by atoms with Crippen LogP contribution in [0.4, 0.5) is 0 Å². The first-order valence-corrected chi connectivity index (χ1v) is 7.52. The summed E-state index contributed by atoms with van der Waals surface area (Å²) < 4.78 is 11.2. The second-order valence-electron chi connectivity index (χ2n) is 5.52. The van der Waals surface area contributed by atoms with Gasteiger partial charge >= 0.3 is 0 Å². The molecule has 4 rings (SSSR count). The van der Waals surface area contributed by atoms with Crippen LogP contribution in [-0.2, 0) is 0 Å². The van der Waals surface area contributed by atoms with Crippen molar-refractivity contribution in [3.8, 4) is 11.5 Å². The van der Waals surface area contributed by atoms with Crippen molar-refractivity contribution < 1.29 is 14.3 Å². The number of ether oxygens (including phenoxy) is 2. The summed E-state index contributed by atoms with van der Waals surface area (Å²) in [4.78, 5) is 21.3. The van der Waals surface area contributed by atoms with Crippen LogP contribution in [0.5, 0.6) is 11.5 Å². The number of H-pyrrole nitrogens is 1. The number of carbonyl (C=O) groups is 1. The molecule has 0 aliphatic carbocycles. The molecule has 6 heteroatoms. The Labute approximate surface area is 128 Å². The molecule has 1 fully saturated rings. The summed E-state index contributed by atoms with van der Waals surface area (Å²) in [7, 11) is 0. The van der Waals surface area contributed by atoms with Gasteiger partial charge in [0.1, 0.15) is 18.9 Å². The first kappa shape index (κ1) is 13.2. The Morgan fingerprint density at radius 2 is 2.14 bits per heavy atom. The minimum atomic E-state index is -0.00473. The fraction of sp³-hybridized carbons (Fsp3) is 0.375. The predicted molar refractivity (Wildman–Crippen MR) is 79.0 cm³/mol. The minimum absolute atomic E-state index is 0.00473. The SMILES string of the molecule is O=C(c1cnc[nH]1)N1CCCC1c1ccc2c(c1)OCCO2. The zero-order valence-corrected chi connectivity index (χ0v) is 12.1. The van der Waals surface area contributed by atoms with E-state index in [-0.39, 0.29) is 11.9 Å². The average molecular weight is 299 g/mol. The molecule has 0 spiro atoms. The van der Waals surface area contributed by atoms with Gasteiger partial charge in [0, 0.05) is 6.54 Å². The molecule has 0 bridgehead atoms. The highest BCUT2D eigenvalue weighted by Crippen LogP contribution is 2.38. The number of aromatic amines is 1. The standard InChI is InChI=1S/C16H17N3O3/c20-16(12-9-17-10-18-12)19-5-1-2-13(19)11-3-4-14-15(8-11)22-7-6-21-14/h3-4,8-10,13H,1-2,5-7H2,(H,17,18). The molecular weight excluding hydrogens is 282 g/mol. The lowest BCUT2D eigenvalue weighted by molar-refractivity contribution is 0.0729. The van der Waals surface area contributed by atoms with E-state index in [0.717, 1.165) is 36.4 Å². The van der Waals surface area contributed by atoms with Crippen molar-refractivity contribution in [2.45, 2.75) is 18.9 Å². The molecule has 2 aliphatic rings. The molecular formula is C16H17N3O3. The Morgan fingerprint density at radius 1 is 1.27 bits per heavy atom. The molecule has 0 saturated carbocycles. The van der Waals surface area contributed by atoms with E-state index >= 15 is 0 Å². The number of hydrogen-bond donors (Lipinski definition) is 1. The van der Waals surface area contributed by atoms with Gasteiger partial charge in [-0.15, -0.1) is 0 Å². The molecule has 114 valence electrons. The van der Waals surface area contributed by atoms with Gasteiger partial charge in [0.15, 0.2) is 11.5 Å². The maximum Gasteiger partial charge on any atom is 0.272 e. The van der Waals surface area contributed by atoms with E-state index in [1.54, 1.807) is 6.20 Å². The van der Waals surface area contributed by atoms with Crippen molar-refractivity contribution in [2.75, 3.05) is 19.8 Å². The number of likely N-dealkylation sites (tertiary alicyclic amines) is 1. The average Bonchev–Trinajstić information content (AvgIpc) is 3.25. The Morgan fingerprint density at radius 3 is 2.95 bits per heavy atom. The summed E-state index contributed by atoms with van der Waals surface area (Å²) in [6, 6.07) is 6.03. The van der Waals surface area contributed by atoms with Crippen LogP contribution in [0.3, 0.4) is 0 Å². The summed E-state index contributed by atoms with van der Waals surface area (Å²) in [5.41, 5.74) is 1.62. The lowest BCUT2D eigenvalue weighted by Gasteiger charge is -2.26. The summed E-state index contributed by atoms with van der Waals surface area (Å²) >= 11 is 0. The van der Waals surface area contributed by atoms with E-state index in [9.17, 15) is 4.79 Å². The third-order valence-electron chi connectivity index (χ3n) is 4.19. The summed E-state index contributed by atoms with van der Waals surface area (Å²) in [6.07, 6.45) is 5.06. The minimum Gasteiger partial charge on any atom is -0.486 e. The first-order valence-electron chi connectivity index (χ1n) is 7.52. The lowest BCUT2D eigenvalue weighted by atomic mass is 10.0. The molecule has 1 atom stereocenters. The van der Waals surface area contributed by atoms with Crippen LogP contribution in [0.15, 0.2) is 30.7 Å². The number of amides is 1. The van der Waals surface area contributed by atoms with Crippen LogP contribution in [0.25, 0.3) is 0 Å². The molecule has 1 aromatic carbocycles. The van der Waals surface area contributed by atoms with Crippen LogP contribution in [0.2, 0.25) is 0 Å². The number of aromatic nitrogens is 2. The lowest BCUT2D eigenvalue weighted by Crippen LogP contribution is -2.30. The van der Waals surface area contributed by atoms with E-state index in [0.29, 0.717) is 18.9 Å². The third kappa shape index (κ3) is 2.20. The molecule has 1 aromatic heterocycles. The number of benzene rings is 1. The molecule has 1 N–H and O–H groups in total. The number of nitrogens with one attached hydrogen (secondary N) is 1. The van der Waals surface area contributed by atoms with Crippen LogP contribution in [-0.4, -0.2) is 40.5 Å². The third-order valence-corrected chi connectivity index (χ3v) is 4.19. The van der Waals surface area contributed by atoms with Crippen LogP contribution in [0, 0.1) is 0 Å². The summed E-state index contributed by atoms with van der Waals surface area (Å²) in [5.74, 6) is 1.54. The van der Waals surface area contributed by atoms with Gasteiger partial charge in [-0.05, 0) is 30.5 Å². The van der Waals surface area contributed by atoms with Gasteiger partial charge in [-0.1, -0.05) is 6.07 Å². The zero-order chi connectivity index (χ0) is 14.9. The Balaban J connectivity index is 1.62. The highest BCUT2D eigenvalue weighted by Gasteiger charge is 2.32. The van der Waals surface area contributed by atoms with E-state index in [1.807, 2.05) is 23.1 Å². The largest absolute Gasteiger partial charge is 0.486 e. The monoisotopic (exact) mass is 299 g/mol. The fourth-order valence-electron chi connectivity index (χ4n) is 3.15. The zero-order valence-electron chi connectivity index (χ0n) is 12.1. The number of imidazole rings is 1. The second kappa shape index (κ2) is 5.36. The van der Waals surface area contributed by atoms with E-state index in [4.69, 9.17) is 9.47 Å². The molecule has 6 nitrogen and oxygen atoms in total. The molecule has 1 saturated heterocycles. The Kier molecular flexibility index (Phi) is 3.21. The smallest absolute Gasteiger partial charge is 0.272 e. The number of carbonyl (C=O) groups excluding carboxylic acids is 1. The van der Waals surface area contributed by atoms with E-state index < -0.39 is 0 Å². The highest BCUT2D eigenvalue weighted by atomic mass is 16.6. The summed E-state index contributed by atoms with van der Waals surface area (Å²) in [5, 5.41) is 0. The first-order chi connectivity index (χ1) is 10.8. The molecule has 1 unspecified atom stereocenters. The van der Waals surface area contributed by atoms with Crippen molar-refractivity contribution >= 4 is 5.91 Å². The van der Waals surface area contributed by atoms with Crippen molar-refractivity contribution in [3.63, 3.8) is 0 Å². The van der Waals surface area contributed by atoms with Gasteiger partial charge in [0.2, 0.25) is 0 Å². The van der Waals surface area contributed by atoms with E-state index in [2.05, 4.69) is 9.97 Å². The predicted octanol–water partition coefficient (Wildman–Crippen LogP) is 2.16. The van der Waals surface area contributed by atoms with E-state index in [1.165, 1.54) is 6.33 Å². The van der Waals surface area contributed by atoms with Crippen molar-refractivity contribution in [1.82, 2.24) is 14.9 Å². The molecule has 3 heterocycles.